The van der Waals surface area contributed by atoms with Crippen molar-refractivity contribution in [3.8, 4) is 16.8 Å². The highest BCUT2D eigenvalue weighted by Crippen LogP contribution is 2.49. The largest absolute Gasteiger partial charge is 0.309 e. The number of thiophene rings is 1. The second-order valence-corrected chi connectivity index (χ2v) is 12.3. The Morgan fingerprint density at radius 1 is 0.429 bits per heavy atom. The van der Waals surface area contributed by atoms with Crippen molar-refractivity contribution in [3.63, 3.8) is 0 Å². The molecule has 2 aromatic heterocycles. The van der Waals surface area contributed by atoms with Gasteiger partial charge in [-0.15, -0.1) is 11.3 Å². The van der Waals surface area contributed by atoms with Crippen LogP contribution in [0, 0.1) is 0 Å². The molecule has 0 aliphatic carbocycles. The van der Waals surface area contributed by atoms with Crippen molar-refractivity contribution in [2.24, 2.45) is 0 Å². The van der Waals surface area contributed by atoms with Gasteiger partial charge in [0.1, 0.15) is 0 Å². The maximum atomic E-state index is 2.42. The summed E-state index contributed by atoms with van der Waals surface area (Å²) < 4.78 is 5.13. The Bertz CT molecular complexity index is 2670. The van der Waals surface area contributed by atoms with E-state index < -0.39 is 0 Å². The summed E-state index contributed by atoms with van der Waals surface area (Å²) >= 11 is 1.92. The Morgan fingerprint density at radius 2 is 1.14 bits per heavy atom. The molecule has 0 N–H and O–H groups in total. The summed E-state index contributed by atoms with van der Waals surface area (Å²) in [5.74, 6) is 0. The fourth-order valence-corrected chi connectivity index (χ4v) is 8.63. The first kappa shape index (κ1) is 22.5. The molecule has 0 atom stereocenters. The molecule has 0 spiro atoms. The zero-order valence-electron chi connectivity index (χ0n) is 22.6. The molecule has 8 aromatic carbocycles. The number of hydrogen-bond acceptors (Lipinski definition) is 1. The highest BCUT2D eigenvalue weighted by Gasteiger charge is 2.20. The van der Waals surface area contributed by atoms with Crippen molar-refractivity contribution in [1.29, 1.82) is 0 Å². The predicted molar refractivity (Wildman–Crippen MR) is 183 cm³/mol. The third-order valence-corrected chi connectivity index (χ3v) is 10.3. The lowest BCUT2D eigenvalue weighted by molar-refractivity contribution is 1.18. The standard InChI is InChI=1S/C40H23NS/c1-2-11-26(12-3-1)41-34-18-6-4-13-27(34)33-22-24(20-21-35(33)41)32-23-25-10-8-16-30-37(25)38-28(32)15-9-17-31(38)40-39(30)29-14-5-7-19-36(29)42-40/h1-23H. The Balaban J connectivity index is 1.33. The first-order valence-electron chi connectivity index (χ1n) is 14.4. The van der Waals surface area contributed by atoms with Gasteiger partial charge < -0.3 is 4.57 Å². The van der Waals surface area contributed by atoms with Crippen LogP contribution < -0.4 is 0 Å². The first-order chi connectivity index (χ1) is 20.8. The summed E-state index contributed by atoms with van der Waals surface area (Å²) in [4.78, 5) is 0. The predicted octanol–water partition coefficient (Wildman–Crippen LogP) is 11.7. The Morgan fingerprint density at radius 3 is 2.07 bits per heavy atom. The molecule has 0 bridgehead atoms. The number of nitrogens with zero attached hydrogens (tertiary/aromatic N) is 1. The highest BCUT2D eigenvalue weighted by molar-refractivity contribution is 7.27. The van der Waals surface area contributed by atoms with E-state index in [0.29, 0.717) is 0 Å². The molecule has 0 unspecified atom stereocenters. The normalized spacial score (nSPS) is 12.3. The van der Waals surface area contributed by atoms with Crippen molar-refractivity contribution in [2.45, 2.75) is 0 Å². The minimum atomic E-state index is 1.19. The average molecular weight is 550 g/mol. The van der Waals surface area contributed by atoms with Gasteiger partial charge in [0.05, 0.1) is 11.0 Å². The number of fused-ring (bicyclic) bond motifs is 8. The van der Waals surface area contributed by atoms with Gasteiger partial charge in [-0.2, -0.15) is 0 Å². The van der Waals surface area contributed by atoms with Crippen molar-refractivity contribution in [1.82, 2.24) is 4.57 Å². The summed E-state index contributed by atoms with van der Waals surface area (Å²) in [6.45, 7) is 0. The van der Waals surface area contributed by atoms with Gasteiger partial charge in [0.2, 0.25) is 0 Å². The minimum Gasteiger partial charge on any atom is -0.309 e. The van der Waals surface area contributed by atoms with Crippen LogP contribution in [0.4, 0.5) is 0 Å². The van der Waals surface area contributed by atoms with Crippen LogP contribution in [-0.2, 0) is 0 Å². The Labute approximate surface area is 245 Å². The minimum absolute atomic E-state index is 1.19. The monoisotopic (exact) mass is 549 g/mol. The van der Waals surface area contributed by atoms with Crippen LogP contribution in [0.25, 0.3) is 91.1 Å². The quantitative estimate of drug-likeness (QED) is 0.189. The zero-order valence-corrected chi connectivity index (χ0v) is 23.5. The fraction of sp³-hybridized carbons (Fsp3) is 0. The zero-order chi connectivity index (χ0) is 27.4. The van der Waals surface area contributed by atoms with E-state index in [4.69, 9.17) is 0 Å². The van der Waals surface area contributed by atoms with E-state index in [1.807, 2.05) is 11.3 Å². The Kier molecular flexibility index (Phi) is 4.39. The molecule has 0 amide bonds. The fourth-order valence-electron chi connectivity index (χ4n) is 7.38. The lowest BCUT2D eigenvalue weighted by Crippen LogP contribution is -1.93. The van der Waals surface area contributed by atoms with E-state index in [2.05, 4.69) is 144 Å². The number of rotatable bonds is 2. The molecule has 0 fully saturated rings. The second kappa shape index (κ2) is 8.19. The van der Waals surface area contributed by atoms with Crippen LogP contribution in [0.3, 0.4) is 0 Å². The second-order valence-electron chi connectivity index (χ2n) is 11.3. The van der Waals surface area contributed by atoms with Gasteiger partial charge in [0, 0.05) is 42.0 Å². The van der Waals surface area contributed by atoms with Crippen LogP contribution in [0.15, 0.2) is 140 Å². The molecule has 10 rings (SSSR count). The van der Waals surface area contributed by atoms with Gasteiger partial charge in [0.25, 0.3) is 0 Å². The number of aromatic nitrogens is 1. The molecule has 0 aliphatic heterocycles. The van der Waals surface area contributed by atoms with E-state index in [-0.39, 0.29) is 0 Å². The van der Waals surface area contributed by atoms with Gasteiger partial charge in [-0.25, -0.2) is 0 Å². The molecule has 42 heavy (non-hydrogen) atoms. The molecule has 10 aromatic rings. The van der Waals surface area contributed by atoms with Gasteiger partial charge in [-0.3, -0.25) is 0 Å². The van der Waals surface area contributed by atoms with E-state index >= 15 is 0 Å². The molecular formula is C40H23NS. The first-order valence-corrected chi connectivity index (χ1v) is 15.3. The maximum absolute atomic E-state index is 2.42. The van der Waals surface area contributed by atoms with Gasteiger partial charge >= 0.3 is 0 Å². The smallest absolute Gasteiger partial charge is 0.0541 e. The van der Waals surface area contributed by atoms with Crippen molar-refractivity contribution in [2.75, 3.05) is 0 Å². The summed E-state index contributed by atoms with van der Waals surface area (Å²) in [6, 6.07) is 51.5. The molecule has 0 saturated heterocycles. The van der Waals surface area contributed by atoms with E-state index in [9.17, 15) is 0 Å². The summed E-state index contributed by atoms with van der Waals surface area (Å²) in [7, 11) is 0. The third-order valence-electron chi connectivity index (χ3n) is 9.11. The molecule has 2 heteroatoms. The highest BCUT2D eigenvalue weighted by atomic mass is 32.1. The van der Waals surface area contributed by atoms with Crippen LogP contribution in [-0.4, -0.2) is 4.57 Å². The van der Waals surface area contributed by atoms with Crippen LogP contribution >= 0.6 is 11.3 Å². The van der Waals surface area contributed by atoms with Crippen molar-refractivity contribution >= 4 is 85.6 Å². The van der Waals surface area contributed by atoms with Crippen LogP contribution in [0.1, 0.15) is 0 Å². The van der Waals surface area contributed by atoms with E-state index in [1.165, 1.54) is 91.1 Å². The van der Waals surface area contributed by atoms with Gasteiger partial charge in [-0.1, -0.05) is 97.1 Å². The van der Waals surface area contributed by atoms with Gasteiger partial charge in [0.15, 0.2) is 0 Å². The lowest BCUT2D eigenvalue weighted by Gasteiger charge is -2.16. The van der Waals surface area contributed by atoms with E-state index in [1.54, 1.807) is 0 Å². The lowest BCUT2D eigenvalue weighted by atomic mass is 9.87. The number of para-hydroxylation sites is 2. The average Bonchev–Trinajstić information content (AvgIpc) is 3.60. The number of hydrogen-bond donors (Lipinski definition) is 0. The number of benzene rings is 8. The SMILES string of the molecule is c1ccc(-n2c3ccccc3c3cc(-c4cc5cccc6c7c8ccccc8sc7c7cccc4c7c56)ccc32)cc1. The molecule has 0 saturated carbocycles. The molecule has 194 valence electrons. The molecule has 0 radical (unpaired) electrons. The summed E-state index contributed by atoms with van der Waals surface area (Å²) in [5.41, 5.74) is 6.20. The summed E-state index contributed by atoms with van der Waals surface area (Å²) in [5, 5.41) is 13.4. The third kappa shape index (κ3) is 2.87. The summed E-state index contributed by atoms with van der Waals surface area (Å²) in [6.07, 6.45) is 0. The van der Waals surface area contributed by atoms with E-state index in [0.717, 1.165) is 0 Å². The molecule has 1 nitrogen and oxygen atoms in total. The van der Waals surface area contributed by atoms with Crippen molar-refractivity contribution in [3.05, 3.63) is 140 Å². The molecule has 0 aliphatic rings. The topological polar surface area (TPSA) is 4.93 Å². The molecular weight excluding hydrogens is 527 g/mol. The maximum Gasteiger partial charge on any atom is 0.0541 e. The van der Waals surface area contributed by atoms with Crippen LogP contribution in [0.5, 0.6) is 0 Å². The van der Waals surface area contributed by atoms with Crippen molar-refractivity contribution < 1.29 is 0 Å². The van der Waals surface area contributed by atoms with Gasteiger partial charge in [-0.05, 0) is 80.5 Å². The Hall–Kier alpha value is -5.18. The molecule has 2 heterocycles. The van der Waals surface area contributed by atoms with Crippen LogP contribution in [0.2, 0.25) is 0 Å².